The summed E-state index contributed by atoms with van der Waals surface area (Å²) in [7, 11) is 3.83. The average molecular weight is 352 g/mol. The molecule has 1 aromatic rings. The van der Waals surface area contributed by atoms with E-state index in [-0.39, 0.29) is 20.1 Å². The van der Waals surface area contributed by atoms with Crippen LogP contribution in [0.3, 0.4) is 0 Å². The molecule has 0 spiro atoms. The summed E-state index contributed by atoms with van der Waals surface area (Å²) in [4.78, 5) is 15.5. The Labute approximate surface area is 90.5 Å². The van der Waals surface area contributed by atoms with Crippen LogP contribution in [0.1, 0.15) is 0 Å². The summed E-state index contributed by atoms with van der Waals surface area (Å²) >= 11 is 0. The molecule has 0 amide bonds. The first-order valence-corrected chi connectivity index (χ1v) is 3.52. The Bertz CT molecular complexity index is 292. The molecule has 1 aliphatic heterocycles. The van der Waals surface area contributed by atoms with Gasteiger partial charge in [0.2, 0.25) is 5.95 Å². The normalized spacial score (nSPS) is 13.9. The van der Waals surface area contributed by atoms with E-state index >= 15 is 0 Å². The number of hydrogen-bond donors (Lipinski definition) is 0. The quantitative estimate of drug-likeness (QED) is 0.646. The number of anilines is 1. The number of hydrogen-bond acceptors (Lipinski definition) is 5. The second-order valence-corrected chi connectivity index (χ2v) is 2.42. The predicted molar refractivity (Wildman–Crippen MR) is 45.0 cm³/mol. The molecule has 5 nitrogen and oxygen atoms in total. The van der Waals surface area contributed by atoms with Crippen molar-refractivity contribution in [2.24, 2.45) is 0 Å². The molecule has 0 bridgehead atoms. The monoisotopic (exact) mass is 353 g/mol. The van der Waals surface area contributed by atoms with Crippen LogP contribution in [0.2, 0.25) is 0 Å². The molecule has 68 valence electrons. The Balaban J connectivity index is 0.000000845. The van der Waals surface area contributed by atoms with Gasteiger partial charge in [-0.25, -0.2) is 15.0 Å². The molecule has 0 saturated carbocycles. The fraction of sp³-hybridized carbons (Fsp3) is 0.167. The van der Waals surface area contributed by atoms with Crippen LogP contribution < -0.4 is 4.81 Å². The fourth-order valence-electron chi connectivity index (χ4n) is 0.935. The number of nitrogens with zero attached hydrogens (tertiary/aromatic N) is 5. The van der Waals surface area contributed by atoms with Crippen molar-refractivity contribution < 1.29 is 20.1 Å². The van der Waals surface area contributed by atoms with Gasteiger partial charge in [0.1, 0.15) is 12.7 Å². The summed E-state index contributed by atoms with van der Waals surface area (Å²) in [5.74, 6) is 0.630. The van der Waals surface area contributed by atoms with Crippen LogP contribution in [0.5, 0.6) is 0 Å². The minimum absolute atomic E-state index is 0. The van der Waals surface area contributed by atoms with Gasteiger partial charge >= 0.3 is 7.55 Å². The summed E-state index contributed by atoms with van der Waals surface area (Å²) in [5, 5.41) is 0. The molecular formula is C6H7BIrN5. The molecule has 1 aromatic heterocycles. The molecule has 0 atom stereocenters. The van der Waals surface area contributed by atoms with E-state index in [0.29, 0.717) is 5.95 Å². The van der Waals surface area contributed by atoms with Crippen LogP contribution in [-0.2, 0) is 20.1 Å². The third kappa shape index (κ3) is 2.26. The van der Waals surface area contributed by atoms with Crippen LogP contribution in [0, 0.1) is 0 Å². The molecule has 2 heterocycles. The van der Waals surface area contributed by atoms with E-state index in [1.807, 2.05) is 36.6 Å². The van der Waals surface area contributed by atoms with Gasteiger partial charge in [-0.3, -0.25) is 0 Å². The van der Waals surface area contributed by atoms with E-state index in [9.17, 15) is 0 Å². The first-order valence-electron chi connectivity index (χ1n) is 3.52. The minimum Gasteiger partial charge on any atom is -0.406 e. The van der Waals surface area contributed by atoms with Crippen molar-refractivity contribution >= 4 is 13.5 Å². The van der Waals surface area contributed by atoms with Gasteiger partial charge in [0.15, 0.2) is 0 Å². The van der Waals surface area contributed by atoms with Crippen molar-refractivity contribution in [1.29, 1.82) is 0 Å². The van der Waals surface area contributed by atoms with Gasteiger partial charge < -0.3 is 9.62 Å². The SMILES string of the molecule is CN1[B]N(c2ncncn2)C=C1.[Ir]. The second kappa shape index (κ2) is 4.34. The summed E-state index contributed by atoms with van der Waals surface area (Å²) in [6, 6.07) is 0. The smallest absolute Gasteiger partial charge is 0.397 e. The molecule has 2 radical (unpaired) electrons. The molecule has 0 fully saturated rings. The molecule has 0 unspecified atom stereocenters. The molecule has 2 rings (SSSR count). The average Bonchev–Trinajstić information content (AvgIpc) is 2.54. The summed E-state index contributed by atoms with van der Waals surface area (Å²) in [6.45, 7) is 0. The molecule has 13 heavy (non-hydrogen) atoms. The van der Waals surface area contributed by atoms with E-state index in [2.05, 4.69) is 15.0 Å². The maximum Gasteiger partial charge on any atom is 0.397 e. The molecule has 0 aliphatic carbocycles. The Morgan fingerprint density at radius 3 is 2.46 bits per heavy atom. The largest absolute Gasteiger partial charge is 0.406 e. The van der Waals surface area contributed by atoms with Crippen LogP contribution in [0.15, 0.2) is 25.1 Å². The maximum absolute atomic E-state index is 3.99. The van der Waals surface area contributed by atoms with Crippen LogP contribution in [0.4, 0.5) is 5.95 Å². The zero-order valence-electron chi connectivity index (χ0n) is 6.96. The van der Waals surface area contributed by atoms with Gasteiger partial charge in [0, 0.05) is 32.5 Å². The first kappa shape index (κ1) is 10.1. The van der Waals surface area contributed by atoms with Gasteiger partial charge in [-0.15, -0.1) is 0 Å². The first-order chi connectivity index (χ1) is 5.86. The van der Waals surface area contributed by atoms with E-state index < -0.39 is 0 Å². The van der Waals surface area contributed by atoms with E-state index in [0.717, 1.165) is 0 Å². The molecule has 0 N–H and O–H groups in total. The molecular weight excluding hydrogens is 345 g/mol. The fourth-order valence-corrected chi connectivity index (χ4v) is 0.935. The predicted octanol–water partition coefficient (Wildman–Crippen LogP) is -0.374. The standard InChI is InChI=1S/C6H7BN5.Ir/c1-11-2-3-12(7-11)6-9-4-8-5-10-6;/h2-5H,1H3;. The Hall–Kier alpha value is -0.936. The van der Waals surface area contributed by atoms with Crippen LogP contribution in [0.25, 0.3) is 0 Å². The Morgan fingerprint density at radius 1 is 1.23 bits per heavy atom. The van der Waals surface area contributed by atoms with Gasteiger partial charge in [0.05, 0.1) is 0 Å². The van der Waals surface area contributed by atoms with E-state index in [4.69, 9.17) is 0 Å². The molecule has 7 heteroatoms. The third-order valence-electron chi connectivity index (χ3n) is 1.48. The van der Waals surface area contributed by atoms with Crippen molar-refractivity contribution in [3.05, 3.63) is 25.1 Å². The number of rotatable bonds is 1. The zero-order chi connectivity index (χ0) is 8.39. The molecule has 0 aromatic carbocycles. The van der Waals surface area contributed by atoms with Gasteiger partial charge in [0.25, 0.3) is 0 Å². The van der Waals surface area contributed by atoms with Gasteiger partial charge in [-0.1, -0.05) is 0 Å². The van der Waals surface area contributed by atoms with Gasteiger partial charge in [-0.05, 0) is 7.05 Å². The van der Waals surface area contributed by atoms with Crippen molar-refractivity contribution in [1.82, 2.24) is 19.8 Å². The molecule has 0 saturated heterocycles. The minimum atomic E-state index is 0. The van der Waals surface area contributed by atoms with Crippen molar-refractivity contribution in [3.63, 3.8) is 0 Å². The zero-order valence-corrected chi connectivity index (χ0v) is 9.35. The number of aromatic nitrogens is 3. The summed E-state index contributed by atoms with van der Waals surface area (Å²) < 4.78 is 0. The van der Waals surface area contributed by atoms with Crippen LogP contribution >= 0.6 is 0 Å². The summed E-state index contributed by atoms with van der Waals surface area (Å²) in [5.41, 5.74) is 0. The summed E-state index contributed by atoms with van der Waals surface area (Å²) in [6.07, 6.45) is 6.75. The van der Waals surface area contributed by atoms with E-state index in [1.54, 1.807) is 0 Å². The maximum atomic E-state index is 3.99. The van der Waals surface area contributed by atoms with Crippen molar-refractivity contribution in [2.75, 3.05) is 11.9 Å². The van der Waals surface area contributed by atoms with Crippen LogP contribution in [-0.4, -0.2) is 34.4 Å². The topological polar surface area (TPSA) is 45.2 Å². The van der Waals surface area contributed by atoms with E-state index in [1.165, 1.54) is 12.7 Å². The molecule has 1 aliphatic rings. The van der Waals surface area contributed by atoms with Gasteiger partial charge in [-0.2, -0.15) is 0 Å². The second-order valence-electron chi connectivity index (χ2n) is 2.42. The van der Waals surface area contributed by atoms with Crippen molar-refractivity contribution in [3.8, 4) is 0 Å². The Kier molecular flexibility index (Phi) is 3.39. The van der Waals surface area contributed by atoms with Crippen molar-refractivity contribution in [2.45, 2.75) is 0 Å². The Morgan fingerprint density at radius 2 is 1.92 bits per heavy atom. The third-order valence-corrected chi connectivity index (χ3v) is 1.48.